The van der Waals surface area contributed by atoms with E-state index in [1.807, 2.05) is 0 Å². The lowest BCUT2D eigenvalue weighted by Crippen LogP contribution is -2.15. The van der Waals surface area contributed by atoms with Gasteiger partial charge in [-0.05, 0) is 37.6 Å². The fraction of sp³-hybridized carbons (Fsp3) is 0.364. The molecule has 5 nitrogen and oxygen atoms in total. The molecule has 1 aromatic rings. The highest BCUT2D eigenvalue weighted by molar-refractivity contribution is 7.92. The van der Waals surface area contributed by atoms with Gasteiger partial charge in [0.05, 0.1) is 24.1 Å². The third-order valence-electron chi connectivity index (χ3n) is 2.29. The molecule has 0 saturated carbocycles. The lowest BCUT2D eigenvalue weighted by atomic mass is 10.1. The van der Waals surface area contributed by atoms with E-state index in [1.165, 1.54) is 13.2 Å². The molecule has 0 aliphatic rings. The molecule has 0 amide bonds. The topological polar surface area (TPSA) is 72.5 Å². The lowest BCUT2D eigenvalue weighted by molar-refractivity contribution is 0.0600. The SMILES string of the molecule is CCS(=O)(=O)Nc1ccc(C(=O)OC)cc1C. The lowest BCUT2D eigenvalue weighted by Gasteiger charge is -2.10. The minimum Gasteiger partial charge on any atom is -0.465 e. The number of carbonyl (C=O) groups excluding carboxylic acids is 1. The Morgan fingerprint density at radius 2 is 2.06 bits per heavy atom. The summed E-state index contributed by atoms with van der Waals surface area (Å²) in [6, 6.07) is 4.65. The number of esters is 1. The minimum atomic E-state index is -3.30. The normalized spacial score (nSPS) is 11.0. The Bertz CT molecular complexity index is 522. The summed E-state index contributed by atoms with van der Waals surface area (Å²) < 4.78 is 29.8. The second kappa shape index (κ2) is 5.18. The molecule has 1 rings (SSSR count). The molecule has 1 aromatic carbocycles. The number of hydrogen-bond donors (Lipinski definition) is 1. The van der Waals surface area contributed by atoms with Gasteiger partial charge in [-0.25, -0.2) is 13.2 Å². The maximum absolute atomic E-state index is 11.4. The first-order chi connectivity index (χ1) is 7.89. The van der Waals surface area contributed by atoms with Crippen LogP contribution in [0.5, 0.6) is 0 Å². The van der Waals surface area contributed by atoms with E-state index < -0.39 is 16.0 Å². The van der Waals surface area contributed by atoms with Gasteiger partial charge in [-0.15, -0.1) is 0 Å². The van der Waals surface area contributed by atoms with Crippen molar-refractivity contribution in [1.29, 1.82) is 0 Å². The van der Waals surface area contributed by atoms with Crippen LogP contribution in [-0.4, -0.2) is 27.2 Å². The van der Waals surface area contributed by atoms with Gasteiger partial charge in [0.2, 0.25) is 10.0 Å². The van der Waals surface area contributed by atoms with Gasteiger partial charge in [-0.2, -0.15) is 0 Å². The Kier molecular flexibility index (Phi) is 4.11. The van der Waals surface area contributed by atoms with E-state index in [9.17, 15) is 13.2 Å². The molecule has 0 bridgehead atoms. The zero-order chi connectivity index (χ0) is 13.1. The molecule has 0 unspecified atom stereocenters. The molecule has 0 fully saturated rings. The second-order valence-electron chi connectivity index (χ2n) is 3.53. The van der Waals surface area contributed by atoms with Crippen molar-refractivity contribution in [1.82, 2.24) is 0 Å². The smallest absolute Gasteiger partial charge is 0.337 e. The average Bonchev–Trinajstić information content (AvgIpc) is 2.30. The van der Waals surface area contributed by atoms with Crippen LogP contribution in [-0.2, 0) is 14.8 Å². The Labute approximate surface area is 101 Å². The summed E-state index contributed by atoms with van der Waals surface area (Å²) in [5.74, 6) is -0.441. The summed E-state index contributed by atoms with van der Waals surface area (Å²) in [4.78, 5) is 11.3. The predicted molar refractivity (Wildman–Crippen MR) is 65.6 cm³/mol. The molecule has 94 valence electrons. The van der Waals surface area contributed by atoms with Crippen LogP contribution in [0, 0.1) is 6.92 Å². The van der Waals surface area contributed by atoms with E-state index in [2.05, 4.69) is 9.46 Å². The molecular formula is C11H15NO4S. The van der Waals surface area contributed by atoms with E-state index in [0.29, 0.717) is 16.8 Å². The summed E-state index contributed by atoms with van der Waals surface area (Å²) >= 11 is 0. The molecule has 0 atom stereocenters. The van der Waals surface area contributed by atoms with Crippen molar-refractivity contribution in [3.8, 4) is 0 Å². The number of carbonyl (C=O) groups is 1. The first-order valence-electron chi connectivity index (χ1n) is 5.09. The summed E-state index contributed by atoms with van der Waals surface area (Å²) in [6.45, 7) is 3.28. The third-order valence-corrected chi connectivity index (χ3v) is 3.58. The van der Waals surface area contributed by atoms with E-state index in [0.717, 1.165) is 0 Å². The maximum atomic E-state index is 11.4. The molecular weight excluding hydrogens is 242 g/mol. The quantitative estimate of drug-likeness (QED) is 0.830. The van der Waals surface area contributed by atoms with Crippen LogP contribution in [0.3, 0.4) is 0 Å². The number of benzene rings is 1. The number of nitrogens with one attached hydrogen (secondary N) is 1. The standard InChI is InChI=1S/C11H15NO4S/c1-4-17(14,15)12-10-6-5-9(7-8(10)2)11(13)16-3/h5-7,12H,4H2,1-3H3. The van der Waals surface area contributed by atoms with Crippen molar-refractivity contribution in [3.63, 3.8) is 0 Å². The highest BCUT2D eigenvalue weighted by atomic mass is 32.2. The average molecular weight is 257 g/mol. The van der Waals surface area contributed by atoms with Crippen molar-refractivity contribution in [2.45, 2.75) is 13.8 Å². The number of anilines is 1. The van der Waals surface area contributed by atoms with Crippen molar-refractivity contribution in [2.24, 2.45) is 0 Å². The molecule has 0 aromatic heterocycles. The highest BCUT2D eigenvalue weighted by Crippen LogP contribution is 2.18. The van der Waals surface area contributed by atoms with E-state index >= 15 is 0 Å². The molecule has 1 N–H and O–H groups in total. The maximum Gasteiger partial charge on any atom is 0.337 e. The summed E-state index contributed by atoms with van der Waals surface area (Å²) in [5.41, 5.74) is 1.54. The van der Waals surface area contributed by atoms with Crippen molar-refractivity contribution in [2.75, 3.05) is 17.6 Å². The summed E-state index contributed by atoms with van der Waals surface area (Å²) in [7, 11) is -2.00. The zero-order valence-electron chi connectivity index (χ0n) is 9.98. The monoisotopic (exact) mass is 257 g/mol. The van der Waals surface area contributed by atoms with Gasteiger partial charge in [0.25, 0.3) is 0 Å². The first-order valence-corrected chi connectivity index (χ1v) is 6.74. The Balaban J connectivity index is 3.03. The van der Waals surface area contributed by atoms with Crippen LogP contribution in [0.25, 0.3) is 0 Å². The number of aryl methyl sites for hydroxylation is 1. The molecule has 0 radical (unpaired) electrons. The molecule has 0 aliphatic heterocycles. The van der Waals surface area contributed by atoms with Gasteiger partial charge >= 0.3 is 5.97 Å². The number of methoxy groups -OCH3 is 1. The second-order valence-corrected chi connectivity index (χ2v) is 5.54. The fourth-order valence-electron chi connectivity index (χ4n) is 1.26. The van der Waals surface area contributed by atoms with Crippen molar-refractivity contribution in [3.05, 3.63) is 29.3 Å². The van der Waals surface area contributed by atoms with Gasteiger partial charge < -0.3 is 4.74 Å². The van der Waals surface area contributed by atoms with Crippen LogP contribution < -0.4 is 4.72 Å². The van der Waals surface area contributed by atoms with Crippen LogP contribution >= 0.6 is 0 Å². The van der Waals surface area contributed by atoms with Crippen LogP contribution in [0.15, 0.2) is 18.2 Å². The summed E-state index contributed by atoms with van der Waals surface area (Å²) in [5, 5.41) is 0. The Morgan fingerprint density at radius 1 is 1.41 bits per heavy atom. The van der Waals surface area contributed by atoms with Crippen LogP contribution in [0.4, 0.5) is 5.69 Å². The number of rotatable bonds is 4. The first kappa shape index (κ1) is 13.5. The van der Waals surface area contributed by atoms with Crippen molar-refractivity contribution < 1.29 is 17.9 Å². The van der Waals surface area contributed by atoms with Crippen molar-refractivity contribution >= 4 is 21.7 Å². The van der Waals surface area contributed by atoms with Gasteiger partial charge in [0.1, 0.15) is 0 Å². The third kappa shape index (κ3) is 3.45. The van der Waals surface area contributed by atoms with Gasteiger partial charge in [-0.3, -0.25) is 4.72 Å². The van der Waals surface area contributed by atoms with Gasteiger partial charge in [0, 0.05) is 0 Å². The number of hydrogen-bond acceptors (Lipinski definition) is 4. The minimum absolute atomic E-state index is 0.00515. The van der Waals surface area contributed by atoms with Crippen LogP contribution in [0.1, 0.15) is 22.8 Å². The Morgan fingerprint density at radius 3 is 2.53 bits per heavy atom. The molecule has 6 heteroatoms. The predicted octanol–water partition coefficient (Wildman–Crippen LogP) is 1.54. The molecule has 0 spiro atoms. The zero-order valence-corrected chi connectivity index (χ0v) is 10.8. The fourth-order valence-corrected chi connectivity index (χ4v) is 1.97. The number of ether oxygens (including phenoxy) is 1. The van der Waals surface area contributed by atoms with Gasteiger partial charge in [0.15, 0.2) is 0 Å². The van der Waals surface area contributed by atoms with Crippen LogP contribution in [0.2, 0.25) is 0 Å². The molecule has 0 aliphatic carbocycles. The molecule has 17 heavy (non-hydrogen) atoms. The largest absolute Gasteiger partial charge is 0.465 e. The van der Waals surface area contributed by atoms with E-state index in [1.54, 1.807) is 26.0 Å². The highest BCUT2D eigenvalue weighted by Gasteiger charge is 2.11. The Hall–Kier alpha value is -1.56. The van der Waals surface area contributed by atoms with E-state index in [-0.39, 0.29) is 5.75 Å². The molecule has 0 saturated heterocycles. The molecule has 0 heterocycles. The van der Waals surface area contributed by atoms with E-state index in [4.69, 9.17) is 0 Å². The summed E-state index contributed by atoms with van der Waals surface area (Å²) in [6.07, 6.45) is 0. The van der Waals surface area contributed by atoms with Gasteiger partial charge in [-0.1, -0.05) is 0 Å². The number of sulfonamides is 1.